The molecule has 1 aromatic heterocycles. The summed E-state index contributed by atoms with van der Waals surface area (Å²) in [7, 11) is 1.68. The van der Waals surface area contributed by atoms with Gasteiger partial charge in [0.15, 0.2) is 5.82 Å². The van der Waals surface area contributed by atoms with Crippen LogP contribution in [0.2, 0.25) is 0 Å². The van der Waals surface area contributed by atoms with E-state index >= 15 is 0 Å². The highest BCUT2D eigenvalue weighted by atomic mass is 16.5. The summed E-state index contributed by atoms with van der Waals surface area (Å²) in [5, 5.41) is 17.5. The number of nitrogens with zero attached hydrogens (tertiary/aromatic N) is 3. The Kier molecular flexibility index (Phi) is 5.06. The molecule has 0 radical (unpaired) electrons. The molecule has 0 saturated carbocycles. The van der Waals surface area contributed by atoms with E-state index in [1.807, 2.05) is 19.1 Å². The van der Waals surface area contributed by atoms with E-state index in [-0.39, 0.29) is 6.04 Å². The number of methoxy groups -OCH3 is 1. The highest BCUT2D eigenvalue weighted by Crippen LogP contribution is 2.14. The first-order valence-electron chi connectivity index (χ1n) is 6.81. The van der Waals surface area contributed by atoms with Gasteiger partial charge in [-0.3, -0.25) is 0 Å². The maximum absolute atomic E-state index is 5.15. The maximum Gasteiger partial charge on any atom is 0.191 e. The van der Waals surface area contributed by atoms with Gasteiger partial charge in [-0.05, 0) is 44.4 Å². The maximum atomic E-state index is 5.15. The van der Waals surface area contributed by atoms with Gasteiger partial charge in [0.1, 0.15) is 5.75 Å². The van der Waals surface area contributed by atoms with Crippen LogP contribution in [0.5, 0.6) is 5.75 Å². The molecule has 0 spiro atoms. The second-order valence-corrected chi connectivity index (χ2v) is 4.95. The van der Waals surface area contributed by atoms with Gasteiger partial charge in [0.2, 0.25) is 0 Å². The number of rotatable bonds is 7. The van der Waals surface area contributed by atoms with E-state index in [4.69, 9.17) is 4.74 Å². The normalized spacial score (nSPS) is 13.9. The summed E-state index contributed by atoms with van der Waals surface area (Å²) < 4.78 is 5.15. The average molecular weight is 275 g/mol. The van der Waals surface area contributed by atoms with E-state index in [1.54, 1.807) is 7.11 Å². The van der Waals surface area contributed by atoms with Crippen LogP contribution in [0.4, 0.5) is 0 Å². The Morgan fingerprint density at radius 1 is 1.25 bits per heavy atom. The fourth-order valence-corrected chi connectivity index (χ4v) is 2.11. The Hall–Kier alpha value is -1.95. The summed E-state index contributed by atoms with van der Waals surface area (Å²) in [5.41, 5.74) is 1.31. The molecule has 6 heteroatoms. The van der Waals surface area contributed by atoms with Gasteiger partial charge >= 0.3 is 0 Å². The largest absolute Gasteiger partial charge is 0.497 e. The molecule has 2 rings (SSSR count). The smallest absolute Gasteiger partial charge is 0.191 e. The number of tetrazole rings is 1. The molecule has 20 heavy (non-hydrogen) atoms. The minimum absolute atomic E-state index is 0.0969. The second-order valence-electron chi connectivity index (χ2n) is 4.95. The number of H-pyrrole nitrogens is 1. The Labute approximate surface area is 118 Å². The number of aromatic amines is 1. The topological polar surface area (TPSA) is 75.7 Å². The third kappa shape index (κ3) is 4.03. The fraction of sp³-hybridized carbons (Fsp3) is 0.500. The van der Waals surface area contributed by atoms with Crippen LogP contribution >= 0.6 is 0 Å². The Bertz CT molecular complexity index is 497. The molecule has 108 valence electrons. The van der Waals surface area contributed by atoms with Crippen molar-refractivity contribution in [3.63, 3.8) is 0 Å². The van der Waals surface area contributed by atoms with Crippen molar-refractivity contribution in [3.8, 4) is 5.75 Å². The van der Waals surface area contributed by atoms with Crippen molar-refractivity contribution in [3.05, 3.63) is 35.7 Å². The minimum Gasteiger partial charge on any atom is -0.497 e. The molecular weight excluding hydrogens is 254 g/mol. The van der Waals surface area contributed by atoms with Crippen molar-refractivity contribution in [1.29, 1.82) is 0 Å². The van der Waals surface area contributed by atoms with Crippen LogP contribution in [0.25, 0.3) is 0 Å². The van der Waals surface area contributed by atoms with Gasteiger partial charge in [-0.2, -0.15) is 5.21 Å². The molecule has 1 heterocycles. The van der Waals surface area contributed by atoms with E-state index in [0.29, 0.717) is 11.9 Å². The third-order valence-electron chi connectivity index (χ3n) is 3.31. The lowest BCUT2D eigenvalue weighted by Crippen LogP contribution is -2.30. The molecule has 6 nitrogen and oxygen atoms in total. The zero-order valence-electron chi connectivity index (χ0n) is 12.1. The van der Waals surface area contributed by atoms with Gasteiger partial charge in [-0.1, -0.05) is 17.3 Å². The number of aromatic nitrogens is 4. The predicted octanol–water partition coefficient (Wildman–Crippen LogP) is 1.88. The molecule has 0 amide bonds. The summed E-state index contributed by atoms with van der Waals surface area (Å²) in [6.07, 6.45) is 2.08. The van der Waals surface area contributed by atoms with Crippen molar-refractivity contribution in [1.82, 2.24) is 25.9 Å². The zero-order valence-corrected chi connectivity index (χ0v) is 12.1. The van der Waals surface area contributed by atoms with Crippen molar-refractivity contribution in [2.75, 3.05) is 7.11 Å². The highest BCUT2D eigenvalue weighted by molar-refractivity contribution is 5.27. The lowest BCUT2D eigenvalue weighted by atomic mass is 10.1. The molecule has 0 saturated heterocycles. The molecule has 0 aliphatic rings. The highest BCUT2D eigenvalue weighted by Gasteiger charge is 2.13. The molecule has 2 unspecified atom stereocenters. The summed E-state index contributed by atoms with van der Waals surface area (Å²) >= 11 is 0. The summed E-state index contributed by atoms with van der Waals surface area (Å²) in [5.74, 6) is 1.59. The number of benzene rings is 1. The molecular formula is C14H21N5O. The first kappa shape index (κ1) is 14.5. The number of aryl methyl sites for hydroxylation is 1. The number of hydrogen-bond acceptors (Lipinski definition) is 5. The van der Waals surface area contributed by atoms with Crippen molar-refractivity contribution in [2.24, 2.45) is 0 Å². The summed E-state index contributed by atoms with van der Waals surface area (Å²) in [4.78, 5) is 0. The van der Waals surface area contributed by atoms with E-state index < -0.39 is 0 Å². The van der Waals surface area contributed by atoms with Gasteiger partial charge in [-0.25, -0.2) is 0 Å². The van der Waals surface area contributed by atoms with Gasteiger partial charge in [-0.15, -0.1) is 10.2 Å². The SMILES string of the molecule is COc1ccc(CCC(C)NC(C)c2nn[nH]n2)cc1. The van der Waals surface area contributed by atoms with E-state index in [9.17, 15) is 0 Å². The molecule has 0 aliphatic carbocycles. The molecule has 2 N–H and O–H groups in total. The standard InChI is InChI=1S/C14H21N5O/c1-10(15-11(2)14-16-18-19-17-14)4-5-12-6-8-13(20-3)9-7-12/h6-11,15H,4-5H2,1-3H3,(H,16,17,18,19). The van der Waals surface area contributed by atoms with Gasteiger partial charge in [0.05, 0.1) is 13.2 Å². The summed E-state index contributed by atoms with van der Waals surface area (Å²) in [6.45, 7) is 4.20. The molecule has 0 aliphatic heterocycles. The fourth-order valence-electron chi connectivity index (χ4n) is 2.11. The zero-order chi connectivity index (χ0) is 14.4. The van der Waals surface area contributed by atoms with Gasteiger partial charge in [0.25, 0.3) is 0 Å². The number of nitrogens with one attached hydrogen (secondary N) is 2. The molecule has 1 aromatic carbocycles. The first-order valence-corrected chi connectivity index (χ1v) is 6.81. The Morgan fingerprint density at radius 2 is 2.00 bits per heavy atom. The third-order valence-corrected chi connectivity index (χ3v) is 3.31. The lowest BCUT2D eigenvalue weighted by molar-refractivity contribution is 0.414. The van der Waals surface area contributed by atoms with E-state index in [2.05, 4.69) is 45.0 Å². The van der Waals surface area contributed by atoms with Crippen LogP contribution in [-0.2, 0) is 6.42 Å². The monoisotopic (exact) mass is 275 g/mol. The Morgan fingerprint density at radius 3 is 2.60 bits per heavy atom. The number of ether oxygens (including phenoxy) is 1. The van der Waals surface area contributed by atoms with E-state index in [1.165, 1.54) is 5.56 Å². The van der Waals surface area contributed by atoms with Crippen molar-refractivity contribution in [2.45, 2.75) is 38.8 Å². The number of hydrogen-bond donors (Lipinski definition) is 2. The average Bonchev–Trinajstić information content (AvgIpc) is 3.00. The van der Waals surface area contributed by atoms with Gasteiger partial charge in [0, 0.05) is 6.04 Å². The first-order chi connectivity index (χ1) is 9.69. The van der Waals surface area contributed by atoms with Crippen LogP contribution in [0.15, 0.2) is 24.3 Å². The Balaban J connectivity index is 1.78. The van der Waals surface area contributed by atoms with E-state index in [0.717, 1.165) is 18.6 Å². The van der Waals surface area contributed by atoms with Crippen molar-refractivity contribution >= 4 is 0 Å². The van der Waals surface area contributed by atoms with Crippen LogP contribution in [0, 0.1) is 0 Å². The predicted molar refractivity (Wildman–Crippen MR) is 76.5 cm³/mol. The molecule has 2 atom stereocenters. The molecule has 0 fully saturated rings. The van der Waals surface area contributed by atoms with Crippen LogP contribution in [0.1, 0.15) is 37.7 Å². The second kappa shape index (κ2) is 7.00. The van der Waals surface area contributed by atoms with Crippen LogP contribution in [-0.4, -0.2) is 33.8 Å². The van der Waals surface area contributed by atoms with Crippen molar-refractivity contribution < 1.29 is 4.74 Å². The molecule has 2 aromatic rings. The molecule has 0 bridgehead atoms. The lowest BCUT2D eigenvalue weighted by Gasteiger charge is -2.17. The van der Waals surface area contributed by atoms with Crippen LogP contribution in [0.3, 0.4) is 0 Å². The van der Waals surface area contributed by atoms with Crippen LogP contribution < -0.4 is 10.1 Å². The minimum atomic E-state index is 0.0969. The quantitative estimate of drug-likeness (QED) is 0.807. The summed E-state index contributed by atoms with van der Waals surface area (Å²) in [6, 6.07) is 8.68. The van der Waals surface area contributed by atoms with Gasteiger partial charge < -0.3 is 10.1 Å².